The molecule has 1 heterocycles. The SMILES string of the molecule is COc1ccc(Cl)cc1NC(=O)c1ccnc(NCc2ccc(F)cc2)c1. The van der Waals surface area contributed by atoms with Crippen molar-refractivity contribution in [2.75, 3.05) is 17.7 Å². The highest BCUT2D eigenvalue weighted by molar-refractivity contribution is 6.31. The maximum Gasteiger partial charge on any atom is 0.255 e. The number of nitrogens with one attached hydrogen (secondary N) is 2. The first-order valence-corrected chi connectivity index (χ1v) is 8.52. The molecule has 0 saturated carbocycles. The smallest absolute Gasteiger partial charge is 0.255 e. The Morgan fingerprint density at radius 2 is 1.93 bits per heavy atom. The fourth-order valence-electron chi connectivity index (χ4n) is 2.44. The Kier molecular flexibility index (Phi) is 5.88. The lowest BCUT2D eigenvalue weighted by molar-refractivity contribution is 0.102. The van der Waals surface area contributed by atoms with Crippen LogP contribution in [-0.4, -0.2) is 18.0 Å². The van der Waals surface area contributed by atoms with Gasteiger partial charge in [-0.25, -0.2) is 9.37 Å². The van der Waals surface area contributed by atoms with E-state index < -0.39 is 0 Å². The third-order valence-electron chi connectivity index (χ3n) is 3.82. The summed E-state index contributed by atoms with van der Waals surface area (Å²) in [4.78, 5) is 16.7. The molecule has 2 N–H and O–H groups in total. The third kappa shape index (κ3) is 4.95. The molecule has 2 aromatic carbocycles. The minimum Gasteiger partial charge on any atom is -0.495 e. The highest BCUT2D eigenvalue weighted by atomic mass is 35.5. The lowest BCUT2D eigenvalue weighted by Crippen LogP contribution is -2.13. The van der Waals surface area contributed by atoms with Gasteiger partial charge in [0, 0.05) is 23.3 Å². The van der Waals surface area contributed by atoms with E-state index in [4.69, 9.17) is 16.3 Å². The van der Waals surface area contributed by atoms with Crippen molar-refractivity contribution in [3.63, 3.8) is 0 Å². The first kappa shape index (κ1) is 18.7. The van der Waals surface area contributed by atoms with Gasteiger partial charge in [0.25, 0.3) is 5.91 Å². The number of nitrogens with zero attached hydrogens (tertiary/aromatic N) is 1. The zero-order valence-corrected chi connectivity index (χ0v) is 15.3. The van der Waals surface area contributed by atoms with Crippen LogP contribution in [0.2, 0.25) is 5.02 Å². The number of hydrogen-bond acceptors (Lipinski definition) is 4. The number of rotatable bonds is 6. The first-order valence-electron chi connectivity index (χ1n) is 8.14. The van der Waals surface area contributed by atoms with Crippen LogP contribution in [0.3, 0.4) is 0 Å². The van der Waals surface area contributed by atoms with E-state index in [0.29, 0.717) is 34.4 Å². The lowest BCUT2D eigenvalue weighted by atomic mass is 10.2. The maximum atomic E-state index is 13.0. The summed E-state index contributed by atoms with van der Waals surface area (Å²) in [5.74, 6) is 0.441. The second-order valence-corrected chi connectivity index (χ2v) is 6.14. The van der Waals surface area contributed by atoms with Crippen LogP contribution in [0.4, 0.5) is 15.9 Å². The Labute approximate surface area is 161 Å². The monoisotopic (exact) mass is 385 g/mol. The fraction of sp³-hybridized carbons (Fsp3) is 0.100. The summed E-state index contributed by atoms with van der Waals surface area (Å²) in [5, 5.41) is 6.38. The number of pyridine rings is 1. The Morgan fingerprint density at radius 3 is 2.67 bits per heavy atom. The van der Waals surface area contributed by atoms with Crippen LogP contribution in [0, 0.1) is 5.82 Å². The zero-order valence-electron chi connectivity index (χ0n) is 14.5. The molecule has 0 saturated heterocycles. The van der Waals surface area contributed by atoms with Crippen molar-refractivity contribution >= 4 is 29.0 Å². The van der Waals surface area contributed by atoms with Gasteiger partial charge in [-0.2, -0.15) is 0 Å². The topological polar surface area (TPSA) is 63.2 Å². The Hall–Kier alpha value is -3.12. The van der Waals surface area contributed by atoms with Crippen molar-refractivity contribution < 1.29 is 13.9 Å². The molecule has 3 rings (SSSR count). The number of anilines is 2. The van der Waals surface area contributed by atoms with E-state index in [2.05, 4.69) is 15.6 Å². The summed E-state index contributed by atoms with van der Waals surface area (Å²) >= 11 is 5.99. The van der Waals surface area contributed by atoms with Gasteiger partial charge >= 0.3 is 0 Å². The zero-order chi connectivity index (χ0) is 19.2. The van der Waals surface area contributed by atoms with E-state index in [9.17, 15) is 9.18 Å². The number of methoxy groups -OCH3 is 1. The van der Waals surface area contributed by atoms with Crippen molar-refractivity contribution in [1.29, 1.82) is 0 Å². The number of aromatic nitrogens is 1. The Morgan fingerprint density at radius 1 is 1.15 bits per heavy atom. The average molecular weight is 386 g/mol. The predicted octanol–water partition coefficient (Wildman–Crippen LogP) is 4.75. The van der Waals surface area contributed by atoms with Crippen LogP contribution >= 0.6 is 11.6 Å². The van der Waals surface area contributed by atoms with Gasteiger partial charge in [-0.05, 0) is 48.0 Å². The van der Waals surface area contributed by atoms with Crippen molar-refractivity contribution in [3.8, 4) is 5.75 Å². The van der Waals surface area contributed by atoms with Crippen molar-refractivity contribution in [2.24, 2.45) is 0 Å². The molecule has 0 radical (unpaired) electrons. The van der Waals surface area contributed by atoms with Crippen LogP contribution < -0.4 is 15.4 Å². The standard InChI is InChI=1S/C20H17ClFN3O2/c1-27-18-7-4-15(21)11-17(18)25-20(26)14-8-9-23-19(10-14)24-12-13-2-5-16(22)6-3-13/h2-11H,12H2,1H3,(H,23,24)(H,25,26). The molecule has 0 aliphatic carbocycles. The first-order chi connectivity index (χ1) is 13.0. The van der Waals surface area contributed by atoms with Gasteiger partial charge in [0.2, 0.25) is 0 Å². The van der Waals surface area contributed by atoms with Crippen LogP contribution in [0.15, 0.2) is 60.8 Å². The second-order valence-electron chi connectivity index (χ2n) is 5.71. The molecule has 7 heteroatoms. The molecular formula is C20H17ClFN3O2. The third-order valence-corrected chi connectivity index (χ3v) is 4.05. The van der Waals surface area contributed by atoms with Gasteiger partial charge in [-0.1, -0.05) is 23.7 Å². The molecule has 0 atom stereocenters. The Balaban J connectivity index is 1.70. The van der Waals surface area contributed by atoms with Crippen molar-refractivity contribution in [2.45, 2.75) is 6.54 Å². The van der Waals surface area contributed by atoms with Crippen molar-refractivity contribution in [1.82, 2.24) is 4.98 Å². The highest BCUT2D eigenvalue weighted by Crippen LogP contribution is 2.28. The van der Waals surface area contributed by atoms with Gasteiger partial charge in [0.15, 0.2) is 0 Å². The van der Waals surface area contributed by atoms with Gasteiger partial charge in [-0.3, -0.25) is 4.79 Å². The summed E-state index contributed by atoms with van der Waals surface area (Å²) in [6.45, 7) is 0.459. The highest BCUT2D eigenvalue weighted by Gasteiger charge is 2.11. The summed E-state index contributed by atoms with van der Waals surface area (Å²) < 4.78 is 18.2. The summed E-state index contributed by atoms with van der Waals surface area (Å²) in [7, 11) is 1.52. The number of ether oxygens (including phenoxy) is 1. The van der Waals surface area contributed by atoms with E-state index in [-0.39, 0.29) is 11.7 Å². The quantitative estimate of drug-likeness (QED) is 0.643. The molecule has 0 spiro atoms. The van der Waals surface area contributed by atoms with Crippen LogP contribution in [0.25, 0.3) is 0 Å². The van der Waals surface area contributed by atoms with E-state index >= 15 is 0 Å². The number of carbonyl (C=O) groups excluding carboxylic acids is 1. The Bertz CT molecular complexity index is 948. The molecule has 0 aliphatic heterocycles. The molecule has 27 heavy (non-hydrogen) atoms. The van der Waals surface area contributed by atoms with Crippen LogP contribution in [0.1, 0.15) is 15.9 Å². The number of hydrogen-bond donors (Lipinski definition) is 2. The normalized spacial score (nSPS) is 10.3. The second kappa shape index (κ2) is 8.51. The molecule has 3 aromatic rings. The molecule has 5 nitrogen and oxygen atoms in total. The number of amides is 1. The summed E-state index contributed by atoms with van der Waals surface area (Å²) in [6, 6.07) is 14.4. The minimum absolute atomic E-state index is 0.285. The van der Waals surface area contributed by atoms with Gasteiger partial charge in [0.05, 0.1) is 12.8 Å². The molecule has 138 valence electrons. The molecule has 0 aliphatic rings. The van der Waals surface area contributed by atoms with Gasteiger partial charge in [0.1, 0.15) is 17.4 Å². The van der Waals surface area contributed by atoms with E-state index in [1.807, 2.05) is 0 Å². The average Bonchev–Trinajstić information content (AvgIpc) is 2.68. The van der Waals surface area contributed by atoms with Crippen LogP contribution in [-0.2, 0) is 6.54 Å². The number of halogens is 2. The van der Waals surface area contributed by atoms with Gasteiger partial charge < -0.3 is 15.4 Å². The van der Waals surface area contributed by atoms with Gasteiger partial charge in [-0.15, -0.1) is 0 Å². The lowest BCUT2D eigenvalue weighted by Gasteiger charge is -2.11. The molecule has 0 bridgehead atoms. The van der Waals surface area contributed by atoms with E-state index in [0.717, 1.165) is 5.56 Å². The minimum atomic E-state index is -0.317. The van der Waals surface area contributed by atoms with Crippen LogP contribution in [0.5, 0.6) is 5.75 Å². The predicted molar refractivity (Wildman–Crippen MR) is 104 cm³/mol. The molecule has 0 fully saturated rings. The summed E-state index contributed by atoms with van der Waals surface area (Å²) in [6.07, 6.45) is 1.54. The molecular weight excluding hydrogens is 369 g/mol. The number of carbonyl (C=O) groups is 1. The number of benzene rings is 2. The van der Waals surface area contributed by atoms with E-state index in [1.54, 1.807) is 42.5 Å². The molecule has 1 aromatic heterocycles. The fourth-order valence-corrected chi connectivity index (χ4v) is 2.61. The molecule has 1 amide bonds. The maximum absolute atomic E-state index is 13.0. The van der Waals surface area contributed by atoms with Crippen molar-refractivity contribution in [3.05, 3.63) is 82.8 Å². The largest absolute Gasteiger partial charge is 0.495 e. The van der Waals surface area contributed by atoms with E-state index in [1.165, 1.54) is 25.4 Å². The summed E-state index contributed by atoms with van der Waals surface area (Å²) in [5.41, 5.74) is 1.80. The molecule has 0 unspecified atom stereocenters.